The third kappa shape index (κ3) is 3.51. The molecule has 0 amide bonds. The highest BCUT2D eigenvalue weighted by molar-refractivity contribution is 5.61. The molecule has 0 atom stereocenters. The maximum atomic E-state index is 5.66. The van der Waals surface area contributed by atoms with Crippen LogP contribution in [-0.2, 0) is 0 Å². The molecular weight excluding hydrogens is 212 g/mol. The predicted molar refractivity (Wildman–Crippen MR) is 72.7 cm³/mol. The number of hydrogen-bond donors (Lipinski definition) is 3. The van der Waals surface area contributed by atoms with Gasteiger partial charge in [0.15, 0.2) is 0 Å². The summed E-state index contributed by atoms with van der Waals surface area (Å²) in [5.41, 5.74) is 11.8. The SMILES string of the molecule is Nc1ccc(NCCC2CCCCC2)nc1N. The summed E-state index contributed by atoms with van der Waals surface area (Å²) in [6, 6.07) is 3.68. The van der Waals surface area contributed by atoms with Crippen molar-refractivity contribution in [2.75, 3.05) is 23.3 Å². The van der Waals surface area contributed by atoms with Crippen LogP contribution in [0.5, 0.6) is 0 Å². The van der Waals surface area contributed by atoms with Gasteiger partial charge < -0.3 is 16.8 Å². The summed E-state index contributed by atoms with van der Waals surface area (Å²) in [6.07, 6.45) is 8.22. The Morgan fingerprint density at radius 3 is 2.65 bits per heavy atom. The zero-order valence-corrected chi connectivity index (χ0v) is 10.3. The Morgan fingerprint density at radius 1 is 1.18 bits per heavy atom. The van der Waals surface area contributed by atoms with Gasteiger partial charge in [-0.15, -0.1) is 0 Å². The Morgan fingerprint density at radius 2 is 1.94 bits per heavy atom. The Labute approximate surface area is 103 Å². The summed E-state index contributed by atoms with van der Waals surface area (Å²) in [5, 5.41) is 3.31. The summed E-state index contributed by atoms with van der Waals surface area (Å²) in [6.45, 7) is 0.973. The van der Waals surface area contributed by atoms with Crippen LogP contribution in [-0.4, -0.2) is 11.5 Å². The van der Waals surface area contributed by atoms with Gasteiger partial charge in [0.1, 0.15) is 11.6 Å². The van der Waals surface area contributed by atoms with Gasteiger partial charge in [-0.25, -0.2) is 4.98 Å². The van der Waals surface area contributed by atoms with Crippen LogP contribution in [0, 0.1) is 5.92 Å². The summed E-state index contributed by atoms with van der Waals surface area (Å²) in [7, 11) is 0. The first kappa shape index (κ1) is 12.0. The lowest BCUT2D eigenvalue weighted by Crippen LogP contribution is -2.13. The average molecular weight is 234 g/mol. The standard InChI is InChI=1S/C13H22N4/c14-11-6-7-12(17-13(11)15)16-9-8-10-4-2-1-3-5-10/h6-7,10H,1-5,8-9,14H2,(H3,15,16,17). The lowest BCUT2D eigenvalue weighted by molar-refractivity contribution is 0.345. The van der Waals surface area contributed by atoms with E-state index in [2.05, 4.69) is 10.3 Å². The molecule has 1 aliphatic rings. The van der Waals surface area contributed by atoms with Crippen molar-refractivity contribution in [3.8, 4) is 0 Å². The van der Waals surface area contributed by atoms with Gasteiger partial charge in [-0.3, -0.25) is 0 Å². The van der Waals surface area contributed by atoms with Crippen LogP contribution in [0.25, 0.3) is 0 Å². The minimum atomic E-state index is 0.410. The van der Waals surface area contributed by atoms with Gasteiger partial charge in [0, 0.05) is 6.54 Å². The lowest BCUT2D eigenvalue weighted by atomic mass is 9.87. The van der Waals surface area contributed by atoms with Crippen molar-refractivity contribution in [3.05, 3.63) is 12.1 Å². The number of nitrogens with zero attached hydrogens (tertiary/aromatic N) is 1. The Balaban J connectivity index is 1.75. The Hall–Kier alpha value is -1.45. The van der Waals surface area contributed by atoms with Crippen molar-refractivity contribution < 1.29 is 0 Å². The molecule has 1 aromatic heterocycles. The van der Waals surface area contributed by atoms with Crippen molar-refractivity contribution in [1.29, 1.82) is 0 Å². The van der Waals surface area contributed by atoms with Gasteiger partial charge in [0.05, 0.1) is 5.69 Å². The second-order valence-electron chi connectivity index (χ2n) is 4.89. The van der Waals surface area contributed by atoms with Gasteiger partial charge in [-0.05, 0) is 24.5 Å². The molecule has 1 fully saturated rings. The first-order valence-corrected chi connectivity index (χ1v) is 6.51. The van der Waals surface area contributed by atoms with Crippen molar-refractivity contribution in [3.63, 3.8) is 0 Å². The van der Waals surface area contributed by atoms with Gasteiger partial charge in [0.25, 0.3) is 0 Å². The molecule has 0 radical (unpaired) electrons. The number of nitrogens with one attached hydrogen (secondary N) is 1. The van der Waals surface area contributed by atoms with E-state index in [4.69, 9.17) is 11.5 Å². The van der Waals surface area contributed by atoms with E-state index in [0.717, 1.165) is 18.3 Å². The molecular formula is C13H22N4. The van der Waals surface area contributed by atoms with Gasteiger partial charge in [-0.1, -0.05) is 32.1 Å². The van der Waals surface area contributed by atoms with Crippen LogP contribution in [0.3, 0.4) is 0 Å². The van der Waals surface area contributed by atoms with Crippen LogP contribution < -0.4 is 16.8 Å². The number of nitrogen functional groups attached to an aromatic ring is 2. The molecule has 1 heterocycles. The van der Waals surface area contributed by atoms with E-state index in [9.17, 15) is 0 Å². The minimum Gasteiger partial charge on any atom is -0.396 e. The number of rotatable bonds is 4. The molecule has 0 spiro atoms. The van der Waals surface area contributed by atoms with E-state index in [1.807, 2.05) is 6.07 Å². The van der Waals surface area contributed by atoms with E-state index in [1.54, 1.807) is 6.07 Å². The molecule has 5 N–H and O–H groups in total. The fourth-order valence-electron chi connectivity index (χ4n) is 2.46. The van der Waals surface area contributed by atoms with Crippen LogP contribution in [0.1, 0.15) is 38.5 Å². The van der Waals surface area contributed by atoms with Gasteiger partial charge in [-0.2, -0.15) is 0 Å². The maximum absolute atomic E-state index is 5.66. The Kier molecular flexibility index (Phi) is 4.07. The van der Waals surface area contributed by atoms with Crippen LogP contribution in [0.2, 0.25) is 0 Å². The van der Waals surface area contributed by atoms with Gasteiger partial charge in [0.2, 0.25) is 0 Å². The highest BCUT2D eigenvalue weighted by atomic mass is 15.0. The zero-order valence-electron chi connectivity index (χ0n) is 10.3. The number of nitrogens with two attached hydrogens (primary N) is 2. The van der Waals surface area contributed by atoms with E-state index < -0.39 is 0 Å². The van der Waals surface area contributed by atoms with Crippen molar-refractivity contribution in [2.24, 2.45) is 5.92 Å². The fourth-order valence-corrected chi connectivity index (χ4v) is 2.46. The first-order valence-electron chi connectivity index (χ1n) is 6.51. The molecule has 0 unspecified atom stereocenters. The zero-order chi connectivity index (χ0) is 12.1. The molecule has 0 aliphatic heterocycles. The quantitative estimate of drug-likeness (QED) is 0.748. The molecule has 1 aromatic rings. The van der Waals surface area contributed by atoms with Crippen molar-refractivity contribution in [1.82, 2.24) is 4.98 Å². The third-order valence-electron chi connectivity index (χ3n) is 3.54. The molecule has 0 saturated heterocycles. The second-order valence-corrected chi connectivity index (χ2v) is 4.89. The van der Waals surface area contributed by atoms with E-state index >= 15 is 0 Å². The third-order valence-corrected chi connectivity index (χ3v) is 3.54. The van der Waals surface area contributed by atoms with Gasteiger partial charge >= 0.3 is 0 Å². The fraction of sp³-hybridized carbons (Fsp3) is 0.615. The number of pyridine rings is 1. The summed E-state index contributed by atoms with van der Waals surface area (Å²) in [4.78, 5) is 4.20. The lowest BCUT2D eigenvalue weighted by Gasteiger charge is -2.21. The largest absolute Gasteiger partial charge is 0.396 e. The molecule has 17 heavy (non-hydrogen) atoms. The maximum Gasteiger partial charge on any atom is 0.149 e. The predicted octanol–water partition coefficient (Wildman–Crippen LogP) is 2.63. The highest BCUT2D eigenvalue weighted by Gasteiger charge is 2.12. The van der Waals surface area contributed by atoms with Crippen LogP contribution in [0.15, 0.2) is 12.1 Å². The highest BCUT2D eigenvalue weighted by Crippen LogP contribution is 2.26. The van der Waals surface area contributed by atoms with E-state index in [-0.39, 0.29) is 0 Å². The molecule has 0 aromatic carbocycles. The molecule has 1 aliphatic carbocycles. The summed E-state index contributed by atoms with van der Waals surface area (Å²) in [5.74, 6) is 2.13. The summed E-state index contributed by atoms with van der Waals surface area (Å²) >= 11 is 0. The topological polar surface area (TPSA) is 77.0 Å². The molecule has 4 nitrogen and oxygen atoms in total. The second kappa shape index (κ2) is 5.75. The molecule has 0 bridgehead atoms. The van der Waals surface area contributed by atoms with E-state index in [1.165, 1.54) is 38.5 Å². The van der Waals surface area contributed by atoms with E-state index in [0.29, 0.717) is 11.5 Å². The average Bonchev–Trinajstić information content (AvgIpc) is 2.35. The molecule has 4 heteroatoms. The summed E-state index contributed by atoms with van der Waals surface area (Å²) < 4.78 is 0. The Bertz CT molecular complexity index is 358. The number of aromatic nitrogens is 1. The molecule has 2 rings (SSSR count). The monoisotopic (exact) mass is 234 g/mol. The van der Waals surface area contributed by atoms with Crippen LogP contribution >= 0.6 is 0 Å². The normalized spacial score (nSPS) is 16.9. The van der Waals surface area contributed by atoms with Crippen molar-refractivity contribution >= 4 is 17.3 Å². The molecule has 94 valence electrons. The smallest absolute Gasteiger partial charge is 0.149 e. The van der Waals surface area contributed by atoms with Crippen molar-refractivity contribution in [2.45, 2.75) is 38.5 Å². The number of hydrogen-bond acceptors (Lipinski definition) is 4. The minimum absolute atomic E-state index is 0.410. The van der Waals surface area contributed by atoms with Crippen LogP contribution in [0.4, 0.5) is 17.3 Å². The molecule has 1 saturated carbocycles. The number of anilines is 3. The first-order chi connectivity index (χ1) is 8.25.